The minimum absolute atomic E-state index is 0.0107. The summed E-state index contributed by atoms with van der Waals surface area (Å²) in [6, 6.07) is 7.97. The zero-order valence-corrected chi connectivity index (χ0v) is 21.4. The van der Waals surface area contributed by atoms with Crippen LogP contribution in [0.2, 0.25) is 18.1 Å². The highest BCUT2D eigenvalue weighted by Crippen LogP contribution is 2.38. The summed E-state index contributed by atoms with van der Waals surface area (Å²) in [7, 11) is -4.60. The average Bonchev–Trinajstić information content (AvgIpc) is 2.68. The third-order valence-electron chi connectivity index (χ3n) is 6.17. The van der Waals surface area contributed by atoms with Gasteiger partial charge in [0.1, 0.15) is 0 Å². The van der Waals surface area contributed by atoms with Crippen LogP contribution in [0.5, 0.6) is 0 Å². The molecule has 0 saturated heterocycles. The largest absolute Gasteiger partial charge is 0.468 e. The van der Waals surface area contributed by atoms with Gasteiger partial charge in [0.15, 0.2) is 23.4 Å². The van der Waals surface area contributed by atoms with Gasteiger partial charge in [-0.1, -0.05) is 51.1 Å². The number of carbonyl (C=O) groups is 1. The van der Waals surface area contributed by atoms with Crippen LogP contribution in [0.1, 0.15) is 34.1 Å². The van der Waals surface area contributed by atoms with Gasteiger partial charge in [-0.15, -0.1) is 0 Å². The van der Waals surface area contributed by atoms with Gasteiger partial charge in [0.25, 0.3) is 0 Å². The second kappa shape index (κ2) is 9.98. The molecular weight excluding hydrogens is 432 g/mol. The Morgan fingerprint density at radius 2 is 1.81 bits per heavy atom. The second-order valence-electron chi connectivity index (χ2n) is 9.65. The summed E-state index contributed by atoms with van der Waals surface area (Å²) in [6.07, 6.45) is 4.11. The van der Waals surface area contributed by atoms with Crippen molar-refractivity contribution in [3.63, 3.8) is 0 Å². The number of methoxy groups -OCH3 is 1. The summed E-state index contributed by atoms with van der Waals surface area (Å²) in [5.41, 5.74) is 0. The van der Waals surface area contributed by atoms with Gasteiger partial charge in [0.05, 0.1) is 24.7 Å². The predicted octanol–water partition coefficient (Wildman–Crippen LogP) is 4.37. The number of esters is 1. The van der Waals surface area contributed by atoms with Gasteiger partial charge < -0.3 is 13.9 Å². The first kappa shape index (κ1) is 25.8. The van der Waals surface area contributed by atoms with E-state index in [1.165, 1.54) is 19.2 Å². The molecule has 8 heteroatoms. The third-order valence-corrected chi connectivity index (χ3v) is 12.9. The van der Waals surface area contributed by atoms with Gasteiger partial charge >= 0.3 is 5.97 Å². The maximum Gasteiger partial charge on any atom is 0.325 e. The molecule has 0 radical (unpaired) electrons. The SMILES string of the molecule is COC(=O)C([C@@H]1C=C[C@H](CC(C)O[Si](C)(C)C(C)(C)C)OC1)S(=O)(=O)c1ccccc1. The molecule has 0 spiro atoms. The minimum atomic E-state index is -3.92. The van der Waals surface area contributed by atoms with Crippen LogP contribution in [0.3, 0.4) is 0 Å². The Hall–Kier alpha value is -1.48. The molecule has 1 aromatic rings. The quantitative estimate of drug-likeness (QED) is 0.320. The summed E-state index contributed by atoms with van der Waals surface area (Å²) >= 11 is 0. The van der Waals surface area contributed by atoms with E-state index in [2.05, 4.69) is 33.9 Å². The van der Waals surface area contributed by atoms with E-state index in [9.17, 15) is 13.2 Å². The molecule has 0 fully saturated rings. The molecule has 1 heterocycles. The monoisotopic (exact) mass is 468 g/mol. The van der Waals surface area contributed by atoms with Crippen molar-refractivity contribution in [3.05, 3.63) is 42.5 Å². The fourth-order valence-electron chi connectivity index (χ4n) is 3.41. The van der Waals surface area contributed by atoms with Crippen molar-refractivity contribution < 1.29 is 27.1 Å². The van der Waals surface area contributed by atoms with Gasteiger partial charge in [-0.25, -0.2) is 8.42 Å². The van der Waals surface area contributed by atoms with E-state index < -0.39 is 35.3 Å². The molecule has 1 aromatic carbocycles. The molecule has 2 rings (SSSR count). The average molecular weight is 469 g/mol. The Balaban J connectivity index is 2.13. The lowest BCUT2D eigenvalue weighted by molar-refractivity contribution is -0.141. The normalized spacial score (nSPS) is 22.0. The van der Waals surface area contributed by atoms with Crippen molar-refractivity contribution in [2.24, 2.45) is 5.92 Å². The number of hydrogen-bond donors (Lipinski definition) is 0. The highest BCUT2D eigenvalue weighted by molar-refractivity contribution is 7.92. The fourth-order valence-corrected chi connectivity index (χ4v) is 6.67. The lowest BCUT2D eigenvalue weighted by Crippen LogP contribution is -2.44. The first-order chi connectivity index (χ1) is 14.3. The molecule has 0 amide bonds. The second-order valence-corrected chi connectivity index (χ2v) is 16.5. The smallest absolute Gasteiger partial charge is 0.325 e. The van der Waals surface area contributed by atoms with Gasteiger partial charge in [-0.2, -0.15) is 0 Å². The molecule has 6 nitrogen and oxygen atoms in total. The molecule has 31 heavy (non-hydrogen) atoms. The van der Waals surface area contributed by atoms with E-state index in [0.29, 0.717) is 6.42 Å². The van der Waals surface area contributed by atoms with Crippen LogP contribution in [-0.4, -0.2) is 53.9 Å². The van der Waals surface area contributed by atoms with E-state index in [1.807, 2.05) is 13.0 Å². The molecule has 0 saturated carbocycles. The minimum Gasteiger partial charge on any atom is -0.468 e. The predicted molar refractivity (Wildman–Crippen MR) is 124 cm³/mol. The van der Waals surface area contributed by atoms with Crippen molar-refractivity contribution in [2.45, 2.75) is 74.6 Å². The van der Waals surface area contributed by atoms with Crippen LogP contribution in [0.15, 0.2) is 47.4 Å². The van der Waals surface area contributed by atoms with Crippen LogP contribution in [-0.2, 0) is 28.5 Å². The van der Waals surface area contributed by atoms with Crippen molar-refractivity contribution in [2.75, 3.05) is 13.7 Å². The molecule has 174 valence electrons. The highest BCUT2D eigenvalue weighted by Gasteiger charge is 2.42. The third kappa shape index (κ3) is 6.28. The lowest BCUT2D eigenvalue weighted by atomic mass is 10.0. The first-order valence-electron chi connectivity index (χ1n) is 10.6. The van der Waals surface area contributed by atoms with Gasteiger partial charge in [0, 0.05) is 18.4 Å². The summed E-state index contributed by atoms with van der Waals surface area (Å²) in [4.78, 5) is 12.5. The Labute approximate surface area is 188 Å². The van der Waals surface area contributed by atoms with Crippen LogP contribution < -0.4 is 0 Å². The molecular formula is C23H36O6SSi. The summed E-state index contributed by atoms with van der Waals surface area (Å²) in [5, 5.41) is -1.23. The highest BCUT2D eigenvalue weighted by atomic mass is 32.2. The summed E-state index contributed by atoms with van der Waals surface area (Å²) < 4.78 is 43.4. The molecule has 4 atom stereocenters. The van der Waals surface area contributed by atoms with Crippen LogP contribution in [0.4, 0.5) is 0 Å². The molecule has 0 aromatic heterocycles. The van der Waals surface area contributed by atoms with E-state index in [4.69, 9.17) is 13.9 Å². The number of ether oxygens (including phenoxy) is 2. The molecule has 1 aliphatic heterocycles. The Kier molecular flexibility index (Phi) is 8.30. The molecule has 0 bridgehead atoms. The van der Waals surface area contributed by atoms with E-state index in [0.717, 1.165) is 0 Å². The maximum atomic E-state index is 13.1. The van der Waals surface area contributed by atoms with Crippen molar-refractivity contribution >= 4 is 24.1 Å². The van der Waals surface area contributed by atoms with E-state index >= 15 is 0 Å². The standard InChI is InChI=1S/C23H36O6SSi/c1-17(29-31(6,7)23(2,3)4)15-19-14-13-18(16-28-19)21(22(24)27-5)30(25,26)20-11-9-8-10-12-20/h8-14,17-19,21H,15-16H2,1-7H3/t17?,18-,19-,21?/m1/s1. The van der Waals surface area contributed by atoms with Crippen LogP contribution >= 0.6 is 0 Å². The fraction of sp³-hybridized carbons (Fsp3) is 0.609. The number of rotatable bonds is 8. The molecule has 0 aliphatic carbocycles. The van der Waals surface area contributed by atoms with Crippen LogP contribution in [0, 0.1) is 5.92 Å². The molecule has 2 unspecified atom stereocenters. The molecule has 1 aliphatic rings. The number of carbonyl (C=O) groups excluding carboxylic acids is 1. The number of hydrogen-bond acceptors (Lipinski definition) is 6. The molecule has 0 N–H and O–H groups in total. The van der Waals surface area contributed by atoms with Gasteiger partial charge in [0.2, 0.25) is 0 Å². The van der Waals surface area contributed by atoms with Gasteiger partial charge in [-0.05, 0) is 37.2 Å². The first-order valence-corrected chi connectivity index (χ1v) is 15.1. The Bertz CT molecular complexity index is 873. The Morgan fingerprint density at radius 3 is 2.29 bits per heavy atom. The van der Waals surface area contributed by atoms with E-state index in [1.54, 1.807) is 24.3 Å². The van der Waals surface area contributed by atoms with Gasteiger partial charge in [-0.3, -0.25) is 4.79 Å². The zero-order valence-electron chi connectivity index (χ0n) is 19.6. The maximum absolute atomic E-state index is 13.1. The Morgan fingerprint density at radius 1 is 1.19 bits per heavy atom. The zero-order chi connectivity index (χ0) is 23.4. The summed E-state index contributed by atoms with van der Waals surface area (Å²) in [6.45, 7) is 13.2. The van der Waals surface area contributed by atoms with Crippen LogP contribution in [0.25, 0.3) is 0 Å². The van der Waals surface area contributed by atoms with Crippen molar-refractivity contribution in [1.29, 1.82) is 0 Å². The number of benzene rings is 1. The van der Waals surface area contributed by atoms with Crippen molar-refractivity contribution in [3.8, 4) is 0 Å². The lowest BCUT2D eigenvalue weighted by Gasteiger charge is -2.39. The summed E-state index contributed by atoms with van der Waals surface area (Å²) in [5.74, 6) is -1.40. The topological polar surface area (TPSA) is 78.9 Å². The van der Waals surface area contributed by atoms with E-state index in [-0.39, 0.29) is 28.7 Å². The number of sulfone groups is 1. The van der Waals surface area contributed by atoms with Crippen molar-refractivity contribution in [1.82, 2.24) is 0 Å².